The van der Waals surface area contributed by atoms with Gasteiger partial charge in [-0.3, -0.25) is 14.6 Å². The Kier molecular flexibility index (Phi) is 8.07. The summed E-state index contributed by atoms with van der Waals surface area (Å²) in [5.41, 5.74) is 3.65. The Morgan fingerprint density at radius 3 is 2.62 bits per heavy atom. The van der Waals surface area contributed by atoms with Crippen LogP contribution in [0.1, 0.15) is 66.3 Å². The number of amides is 2. The van der Waals surface area contributed by atoms with Crippen molar-refractivity contribution in [2.24, 2.45) is 0 Å². The van der Waals surface area contributed by atoms with Crippen LogP contribution in [0.25, 0.3) is 33.1 Å². The topological polar surface area (TPSA) is 135 Å². The second-order valence-corrected chi connectivity index (χ2v) is 12.1. The fourth-order valence-corrected chi connectivity index (χ4v) is 5.65. The predicted octanol–water partition coefficient (Wildman–Crippen LogP) is 5.45. The number of carbonyl (C=O) groups excluding carboxylic acids is 3. The summed E-state index contributed by atoms with van der Waals surface area (Å²) in [7, 11) is 0. The van der Waals surface area contributed by atoms with Crippen molar-refractivity contribution in [3.63, 3.8) is 0 Å². The second kappa shape index (κ2) is 12.1. The Balaban J connectivity index is 1.14. The van der Waals surface area contributed by atoms with Crippen molar-refractivity contribution in [1.29, 1.82) is 0 Å². The highest BCUT2D eigenvalue weighted by Crippen LogP contribution is 2.31. The van der Waals surface area contributed by atoms with Gasteiger partial charge in [0, 0.05) is 18.1 Å². The average Bonchev–Trinajstić information content (AvgIpc) is 3.70. The molecule has 1 aliphatic rings. The molecule has 2 amide bonds. The largest absolute Gasteiger partial charge is 0.456 e. The first-order chi connectivity index (χ1) is 21.6. The van der Waals surface area contributed by atoms with Crippen LogP contribution in [-0.4, -0.2) is 62.5 Å². The highest BCUT2D eigenvalue weighted by molar-refractivity contribution is 6.07. The molecule has 0 unspecified atom stereocenters. The Hall–Kier alpha value is -5.09. The van der Waals surface area contributed by atoms with Crippen LogP contribution in [0.4, 0.5) is 0 Å². The lowest BCUT2D eigenvalue weighted by atomic mass is 9.99. The number of nitrogens with zero attached hydrogens (tertiary/aromatic N) is 3. The normalized spacial score (nSPS) is 15.7. The number of hydrogen-bond acceptors (Lipinski definition) is 8. The van der Waals surface area contributed by atoms with E-state index >= 15 is 0 Å². The number of fused-ring (bicyclic) bond motifs is 2. The van der Waals surface area contributed by atoms with E-state index in [2.05, 4.69) is 15.3 Å². The van der Waals surface area contributed by atoms with Gasteiger partial charge < -0.3 is 24.5 Å². The SMILES string of the molecule is CC(C)(C)OC(=O)c1cccc(-c2ccc3c(C(=O)NCC(=O)N4CCC[C@H]4[C@@H](O)c4nc5ccccc5o4)ccnc3c2)c1. The summed E-state index contributed by atoms with van der Waals surface area (Å²) in [5.74, 6) is -0.945. The third-order valence-electron chi connectivity index (χ3n) is 7.77. The molecule has 6 rings (SSSR count). The Bertz CT molecular complexity index is 1880. The number of rotatable bonds is 7. The van der Waals surface area contributed by atoms with E-state index in [0.717, 1.165) is 17.5 Å². The van der Waals surface area contributed by atoms with E-state index < -0.39 is 29.6 Å². The number of benzene rings is 3. The smallest absolute Gasteiger partial charge is 0.338 e. The maximum absolute atomic E-state index is 13.3. The van der Waals surface area contributed by atoms with E-state index in [9.17, 15) is 19.5 Å². The first kappa shape index (κ1) is 30.0. The molecule has 2 N–H and O–H groups in total. The number of hydrogen-bond donors (Lipinski definition) is 2. The van der Waals surface area contributed by atoms with Gasteiger partial charge in [-0.1, -0.05) is 36.4 Å². The standard InChI is InChI=1S/C35H34N4O6/c1-35(2,3)45-34(43)23-9-6-8-21(18-23)22-13-14-24-25(15-16-36-27(24)19-22)32(42)37-20-30(40)39-17-7-11-28(39)31(41)33-38-26-10-4-5-12-29(26)44-33/h4-6,8-10,12-16,18-19,28,31,41H,7,11,17,20H2,1-3H3,(H,37,42)/t28-,31+/m0/s1. The molecule has 0 saturated carbocycles. The number of esters is 1. The van der Waals surface area contributed by atoms with Gasteiger partial charge in [0.1, 0.15) is 11.1 Å². The van der Waals surface area contributed by atoms with Gasteiger partial charge in [-0.15, -0.1) is 0 Å². The number of aliphatic hydroxyl groups excluding tert-OH is 1. The summed E-state index contributed by atoms with van der Waals surface area (Å²) >= 11 is 0. The molecule has 1 aliphatic heterocycles. The quantitative estimate of drug-likeness (QED) is 0.234. The lowest BCUT2D eigenvalue weighted by molar-refractivity contribution is -0.133. The van der Waals surface area contributed by atoms with Crippen molar-refractivity contribution in [2.75, 3.05) is 13.1 Å². The Morgan fingerprint density at radius 2 is 1.82 bits per heavy atom. The van der Waals surface area contributed by atoms with Crippen LogP contribution in [0.3, 0.4) is 0 Å². The van der Waals surface area contributed by atoms with Crippen LogP contribution < -0.4 is 5.32 Å². The number of carbonyl (C=O) groups is 3. The van der Waals surface area contributed by atoms with Gasteiger partial charge in [0.05, 0.1) is 29.2 Å². The highest BCUT2D eigenvalue weighted by Gasteiger charge is 2.37. The van der Waals surface area contributed by atoms with E-state index in [0.29, 0.717) is 46.1 Å². The van der Waals surface area contributed by atoms with Gasteiger partial charge in [0.2, 0.25) is 11.8 Å². The molecule has 45 heavy (non-hydrogen) atoms. The molecule has 230 valence electrons. The number of likely N-dealkylation sites (tertiary alicyclic amines) is 1. The lowest BCUT2D eigenvalue weighted by Crippen LogP contribution is -2.44. The van der Waals surface area contributed by atoms with Crippen molar-refractivity contribution < 1.29 is 28.6 Å². The van der Waals surface area contributed by atoms with Gasteiger partial charge in [0.15, 0.2) is 11.7 Å². The van der Waals surface area contributed by atoms with E-state index in [1.165, 1.54) is 0 Å². The van der Waals surface area contributed by atoms with Crippen LogP contribution in [0.5, 0.6) is 0 Å². The van der Waals surface area contributed by atoms with Crippen molar-refractivity contribution in [3.05, 3.63) is 96.0 Å². The van der Waals surface area contributed by atoms with E-state index in [-0.39, 0.29) is 18.3 Å². The van der Waals surface area contributed by atoms with Crippen LogP contribution >= 0.6 is 0 Å². The van der Waals surface area contributed by atoms with E-state index in [4.69, 9.17) is 9.15 Å². The van der Waals surface area contributed by atoms with Crippen LogP contribution in [0, 0.1) is 0 Å². The third kappa shape index (κ3) is 6.41. The zero-order valence-corrected chi connectivity index (χ0v) is 25.3. The number of oxazole rings is 1. The van der Waals surface area contributed by atoms with E-state index in [1.807, 2.05) is 57.2 Å². The van der Waals surface area contributed by atoms with Crippen LogP contribution in [0.15, 0.2) is 83.4 Å². The molecule has 0 radical (unpaired) electrons. The van der Waals surface area contributed by atoms with Crippen molar-refractivity contribution in [1.82, 2.24) is 20.2 Å². The minimum absolute atomic E-state index is 0.170. The van der Waals surface area contributed by atoms with Gasteiger partial charge in [-0.25, -0.2) is 9.78 Å². The molecule has 0 spiro atoms. The fraction of sp³-hybridized carbons (Fsp3) is 0.286. The van der Waals surface area contributed by atoms with Gasteiger partial charge in [0.25, 0.3) is 5.91 Å². The predicted molar refractivity (Wildman–Crippen MR) is 168 cm³/mol. The molecular weight excluding hydrogens is 572 g/mol. The maximum atomic E-state index is 13.3. The molecule has 0 bridgehead atoms. The number of pyridine rings is 1. The first-order valence-electron chi connectivity index (χ1n) is 14.9. The minimum atomic E-state index is -1.08. The zero-order valence-electron chi connectivity index (χ0n) is 25.3. The molecule has 1 fully saturated rings. The van der Waals surface area contributed by atoms with Gasteiger partial charge in [-0.05, 0) is 81.1 Å². The number of para-hydroxylation sites is 2. The summed E-state index contributed by atoms with van der Waals surface area (Å²) in [6, 6.07) is 21.0. The molecule has 0 aliphatic carbocycles. The molecule has 3 aromatic carbocycles. The van der Waals surface area contributed by atoms with Crippen molar-refractivity contribution in [3.8, 4) is 11.1 Å². The second-order valence-electron chi connectivity index (χ2n) is 12.1. The summed E-state index contributed by atoms with van der Waals surface area (Å²) in [5, 5.41) is 14.4. The summed E-state index contributed by atoms with van der Waals surface area (Å²) in [6.07, 6.45) is 1.78. The molecule has 2 atom stereocenters. The first-order valence-corrected chi connectivity index (χ1v) is 14.9. The number of aromatic nitrogens is 2. The molecule has 10 heteroatoms. The summed E-state index contributed by atoms with van der Waals surface area (Å²) in [6.45, 7) is 5.70. The molecule has 1 saturated heterocycles. The third-order valence-corrected chi connectivity index (χ3v) is 7.77. The zero-order chi connectivity index (χ0) is 31.7. The Morgan fingerprint density at radius 1 is 1.02 bits per heavy atom. The molecule has 10 nitrogen and oxygen atoms in total. The molecule has 2 aromatic heterocycles. The van der Waals surface area contributed by atoms with Gasteiger partial charge >= 0.3 is 5.97 Å². The molecular formula is C35H34N4O6. The summed E-state index contributed by atoms with van der Waals surface area (Å²) in [4.78, 5) is 49.5. The monoisotopic (exact) mass is 606 g/mol. The minimum Gasteiger partial charge on any atom is -0.456 e. The maximum Gasteiger partial charge on any atom is 0.338 e. The fourth-order valence-electron chi connectivity index (χ4n) is 5.65. The number of nitrogens with one attached hydrogen (secondary N) is 1. The average molecular weight is 607 g/mol. The molecule has 5 aromatic rings. The van der Waals surface area contributed by atoms with Crippen LogP contribution in [0.2, 0.25) is 0 Å². The summed E-state index contributed by atoms with van der Waals surface area (Å²) < 4.78 is 11.2. The Labute approximate surface area is 260 Å². The highest BCUT2D eigenvalue weighted by atomic mass is 16.6. The molecule has 3 heterocycles. The van der Waals surface area contributed by atoms with Crippen LogP contribution in [-0.2, 0) is 9.53 Å². The number of ether oxygens (including phenoxy) is 1. The van der Waals surface area contributed by atoms with Crippen molar-refractivity contribution in [2.45, 2.75) is 51.4 Å². The van der Waals surface area contributed by atoms with Crippen molar-refractivity contribution >= 4 is 39.8 Å². The van der Waals surface area contributed by atoms with E-state index in [1.54, 1.807) is 47.5 Å². The van der Waals surface area contributed by atoms with Gasteiger partial charge in [-0.2, -0.15) is 0 Å². The lowest BCUT2D eigenvalue weighted by Gasteiger charge is -2.27. The number of aliphatic hydroxyl groups is 1.